The van der Waals surface area contributed by atoms with Crippen molar-refractivity contribution in [3.63, 3.8) is 0 Å². The van der Waals surface area contributed by atoms with Crippen LogP contribution in [0.4, 0.5) is 5.69 Å². The molecule has 6 rings (SSSR count). The lowest BCUT2D eigenvalue weighted by Crippen LogP contribution is -1.85. The Morgan fingerprint density at radius 1 is 0.710 bits per heavy atom. The van der Waals surface area contributed by atoms with Gasteiger partial charge in [-0.05, 0) is 48.6 Å². The van der Waals surface area contributed by atoms with Gasteiger partial charge in [0.1, 0.15) is 5.52 Å². The number of aromatic amines is 2. The Labute approximate surface area is 175 Å². The first-order valence-corrected chi connectivity index (χ1v) is 9.77. The summed E-state index contributed by atoms with van der Waals surface area (Å²) in [5, 5.41) is 11.7. The topological polar surface area (TPSA) is 100 Å². The van der Waals surface area contributed by atoms with Crippen molar-refractivity contribution in [1.29, 1.82) is 0 Å². The Hall–Kier alpha value is -4.52. The van der Waals surface area contributed by atoms with Crippen LogP contribution in [0.25, 0.3) is 56.7 Å². The molecule has 8 bridgehead atoms. The molecule has 148 valence electrons. The number of nitrogens with one attached hydrogen (secondary N) is 2. The van der Waals surface area contributed by atoms with Gasteiger partial charge < -0.3 is 9.97 Å². The molecule has 7 heteroatoms. The van der Waals surface area contributed by atoms with Crippen LogP contribution in [0.1, 0.15) is 11.4 Å². The standard InChI is InChI=1S/C24H15N5O2/c30-29(31)24-12-18-10-16-6-5-14(25-16)9-15-7-8-17(26-15)11-21-19-3-1-2-4-20(19)22(28-21)13-23(24)27-18/h1-13,25,27H. The van der Waals surface area contributed by atoms with Crippen LogP contribution in [-0.2, 0) is 0 Å². The van der Waals surface area contributed by atoms with E-state index in [1.54, 1.807) is 6.07 Å². The molecular weight excluding hydrogens is 390 g/mol. The number of fused-ring (bicyclic) bond motifs is 11. The fourth-order valence-electron chi connectivity index (χ4n) is 3.98. The third kappa shape index (κ3) is 3.00. The molecule has 0 unspecified atom stereocenters. The van der Waals surface area contributed by atoms with Crippen molar-refractivity contribution in [2.45, 2.75) is 0 Å². The minimum Gasteiger partial charge on any atom is -0.355 e. The molecule has 4 aromatic rings. The molecule has 0 saturated carbocycles. The van der Waals surface area contributed by atoms with Crippen LogP contribution in [0, 0.1) is 10.1 Å². The maximum absolute atomic E-state index is 11.7. The SMILES string of the molecule is O=[N+]([O-])c1cc2cc3ccc(cc4nc(cc5nc(cc1[nH]2)-c1ccccc1-5)C=C4)[nH]3. The summed E-state index contributed by atoms with van der Waals surface area (Å²) in [5.41, 5.74) is 7.78. The van der Waals surface area contributed by atoms with Gasteiger partial charge in [-0.15, -0.1) is 0 Å². The molecule has 0 amide bonds. The highest BCUT2D eigenvalue weighted by molar-refractivity contribution is 5.88. The van der Waals surface area contributed by atoms with Gasteiger partial charge in [0.15, 0.2) is 0 Å². The molecule has 3 aromatic heterocycles. The van der Waals surface area contributed by atoms with E-state index in [1.165, 1.54) is 6.07 Å². The molecule has 0 aliphatic carbocycles. The largest absolute Gasteiger partial charge is 0.355 e. The highest BCUT2D eigenvalue weighted by Crippen LogP contribution is 2.36. The van der Waals surface area contributed by atoms with Crippen molar-refractivity contribution in [2.24, 2.45) is 0 Å². The molecule has 2 aliphatic heterocycles. The predicted molar refractivity (Wildman–Crippen MR) is 121 cm³/mol. The Balaban J connectivity index is 1.76. The summed E-state index contributed by atoms with van der Waals surface area (Å²) in [5.74, 6) is 0. The van der Waals surface area contributed by atoms with E-state index in [0.717, 1.165) is 39.2 Å². The second-order valence-electron chi connectivity index (χ2n) is 7.45. The van der Waals surface area contributed by atoms with Gasteiger partial charge in [0.25, 0.3) is 5.69 Å². The Morgan fingerprint density at radius 3 is 2.13 bits per heavy atom. The summed E-state index contributed by atoms with van der Waals surface area (Å²) in [6.45, 7) is 0. The van der Waals surface area contributed by atoms with Crippen LogP contribution in [-0.4, -0.2) is 24.9 Å². The molecular formula is C24H15N5O2. The van der Waals surface area contributed by atoms with Gasteiger partial charge in [-0.1, -0.05) is 24.3 Å². The number of hydrogen-bond donors (Lipinski definition) is 2. The van der Waals surface area contributed by atoms with Gasteiger partial charge >= 0.3 is 0 Å². The van der Waals surface area contributed by atoms with Crippen molar-refractivity contribution in [3.05, 3.63) is 88.2 Å². The maximum Gasteiger partial charge on any atom is 0.294 e. The number of H-pyrrole nitrogens is 2. The quantitative estimate of drug-likeness (QED) is 0.269. The zero-order valence-electron chi connectivity index (χ0n) is 16.2. The van der Waals surface area contributed by atoms with Crippen LogP contribution >= 0.6 is 0 Å². The van der Waals surface area contributed by atoms with Crippen LogP contribution in [0.2, 0.25) is 0 Å². The molecule has 0 saturated heterocycles. The van der Waals surface area contributed by atoms with E-state index in [1.807, 2.05) is 66.7 Å². The second-order valence-corrected chi connectivity index (χ2v) is 7.45. The van der Waals surface area contributed by atoms with E-state index in [4.69, 9.17) is 4.98 Å². The molecule has 2 aliphatic rings. The zero-order valence-corrected chi connectivity index (χ0v) is 16.2. The molecule has 31 heavy (non-hydrogen) atoms. The zero-order chi connectivity index (χ0) is 20.9. The van der Waals surface area contributed by atoms with Crippen molar-refractivity contribution in [2.75, 3.05) is 0 Å². The number of nitrogens with zero attached hydrogens (tertiary/aromatic N) is 3. The first-order chi connectivity index (χ1) is 15.1. The van der Waals surface area contributed by atoms with E-state index in [9.17, 15) is 10.1 Å². The van der Waals surface area contributed by atoms with Gasteiger partial charge in [0.05, 0.1) is 27.7 Å². The molecule has 0 radical (unpaired) electrons. The monoisotopic (exact) mass is 405 g/mol. The smallest absolute Gasteiger partial charge is 0.294 e. The highest BCUT2D eigenvalue weighted by atomic mass is 16.6. The van der Waals surface area contributed by atoms with Crippen LogP contribution in [0.3, 0.4) is 0 Å². The summed E-state index contributed by atoms with van der Waals surface area (Å²) in [6, 6.07) is 20.7. The predicted octanol–water partition coefficient (Wildman–Crippen LogP) is 5.73. The Morgan fingerprint density at radius 2 is 1.39 bits per heavy atom. The molecule has 0 atom stereocenters. The lowest BCUT2D eigenvalue weighted by atomic mass is 10.0. The van der Waals surface area contributed by atoms with Crippen molar-refractivity contribution in [3.8, 4) is 22.5 Å². The number of nitro groups is 1. The van der Waals surface area contributed by atoms with Crippen molar-refractivity contribution >= 4 is 39.9 Å². The van der Waals surface area contributed by atoms with E-state index in [2.05, 4.69) is 15.0 Å². The molecule has 7 nitrogen and oxygen atoms in total. The first-order valence-electron chi connectivity index (χ1n) is 9.77. The first kappa shape index (κ1) is 17.3. The number of hydrogen-bond acceptors (Lipinski definition) is 4. The average molecular weight is 405 g/mol. The third-order valence-electron chi connectivity index (χ3n) is 5.36. The average Bonchev–Trinajstić information content (AvgIpc) is 3.52. The summed E-state index contributed by atoms with van der Waals surface area (Å²) in [7, 11) is 0. The second kappa shape index (κ2) is 6.50. The third-order valence-corrected chi connectivity index (χ3v) is 5.36. The fourth-order valence-corrected chi connectivity index (χ4v) is 3.98. The molecule has 0 spiro atoms. The highest BCUT2D eigenvalue weighted by Gasteiger charge is 2.18. The Bertz CT molecular complexity index is 1580. The van der Waals surface area contributed by atoms with Crippen LogP contribution < -0.4 is 0 Å². The fraction of sp³-hybridized carbons (Fsp3) is 0. The maximum atomic E-state index is 11.7. The molecule has 5 heterocycles. The van der Waals surface area contributed by atoms with Gasteiger partial charge in [0.2, 0.25) is 0 Å². The van der Waals surface area contributed by atoms with Crippen molar-refractivity contribution in [1.82, 2.24) is 19.9 Å². The van der Waals surface area contributed by atoms with Gasteiger partial charge in [0, 0.05) is 33.7 Å². The normalized spacial score (nSPS) is 12.0. The van der Waals surface area contributed by atoms with E-state index in [0.29, 0.717) is 16.7 Å². The minimum atomic E-state index is -0.380. The molecule has 1 aromatic carbocycles. The number of benzene rings is 1. The summed E-state index contributed by atoms with van der Waals surface area (Å²) >= 11 is 0. The van der Waals surface area contributed by atoms with E-state index in [-0.39, 0.29) is 10.6 Å². The molecule has 2 N–H and O–H groups in total. The summed E-state index contributed by atoms with van der Waals surface area (Å²) in [6.07, 6.45) is 3.92. The van der Waals surface area contributed by atoms with Gasteiger partial charge in [-0.3, -0.25) is 10.1 Å². The lowest BCUT2D eigenvalue weighted by molar-refractivity contribution is -0.382. The summed E-state index contributed by atoms with van der Waals surface area (Å²) in [4.78, 5) is 27.2. The van der Waals surface area contributed by atoms with Crippen molar-refractivity contribution < 1.29 is 4.92 Å². The lowest BCUT2D eigenvalue weighted by Gasteiger charge is -1.97. The summed E-state index contributed by atoms with van der Waals surface area (Å²) < 4.78 is 0. The van der Waals surface area contributed by atoms with E-state index < -0.39 is 0 Å². The number of rotatable bonds is 1. The number of aromatic nitrogens is 4. The molecule has 0 fully saturated rings. The van der Waals surface area contributed by atoms with Gasteiger partial charge in [-0.2, -0.15) is 0 Å². The minimum absolute atomic E-state index is 0.00781. The Kier molecular flexibility index (Phi) is 3.64. The van der Waals surface area contributed by atoms with Crippen LogP contribution in [0.5, 0.6) is 0 Å². The van der Waals surface area contributed by atoms with E-state index >= 15 is 0 Å². The van der Waals surface area contributed by atoms with Crippen LogP contribution in [0.15, 0.2) is 66.7 Å². The van der Waals surface area contributed by atoms with Gasteiger partial charge in [-0.25, -0.2) is 9.97 Å².